The lowest BCUT2D eigenvalue weighted by Crippen LogP contribution is -2.24. The number of benzene rings is 1. The maximum Gasteiger partial charge on any atom is 0.0320 e. The van der Waals surface area contributed by atoms with Crippen LogP contribution in [0.1, 0.15) is 66.8 Å². The first-order chi connectivity index (χ1) is 8.29. The molecule has 0 aromatic heterocycles. The highest BCUT2D eigenvalue weighted by Crippen LogP contribution is 2.39. The topological polar surface area (TPSA) is 12.0 Å². The lowest BCUT2D eigenvalue weighted by atomic mass is 9.77. The van der Waals surface area contributed by atoms with E-state index in [1.54, 1.807) is 22.3 Å². The zero-order valence-corrected chi connectivity index (χ0v) is 11.1. The average Bonchev–Trinajstić information content (AvgIpc) is 2.38. The number of hydrogen-bond donors (Lipinski definition) is 1. The van der Waals surface area contributed by atoms with Gasteiger partial charge in [0.1, 0.15) is 0 Å². The van der Waals surface area contributed by atoms with E-state index in [9.17, 15) is 0 Å². The molecule has 0 spiro atoms. The smallest absolute Gasteiger partial charge is 0.0320 e. The van der Waals surface area contributed by atoms with Gasteiger partial charge in [0.2, 0.25) is 0 Å². The van der Waals surface area contributed by atoms with E-state index in [0.29, 0.717) is 6.04 Å². The molecule has 0 fully saturated rings. The molecule has 2 unspecified atom stereocenters. The Morgan fingerprint density at radius 2 is 1.65 bits per heavy atom. The molecule has 3 rings (SSSR count). The van der Waals surface area contributed by atoms with E-state index >= 15 is 0 Å². The second kappa shape index (κ2) is 4.45. The minimum absolute atomic E-state index is 0.591. The van der Waals surface area contributed by atoms with Crippen LogP contribution in [0.5, 0.6) is 0 Å². The van der Waals surface area contributed by atoms with Crippen molar-refractivity contribution in [1.29, 1.82) is 0 Å². The number of fused-ring (bicyclic) bond motifs is 2. The number of nitrogens with one attached hydrogen (secondary N) is 1. The molecule has 1 heteroatoms. The molecule has 0 radical (unpaired) electrons. The van der Waals surface area contributed by atoms with E-state index in [2.05, 4.69) is 31.4 Å². The first-order valence-corrected chi connectivity index (χ1v) is 7.12. The van der Waals surface area contributed by atoms with Gasteiger partial charge in [0.15, 0.2) is 0 Å². The lowest BCUT2D eigenvalue weighted by Gasteiger charge is -2.32. The van der Waals surface area contributed by atoms with Crippen molar-refractivity contribution in [2.24, 2.45) is 0 Å². The summed E-state index contributed by atoms with van der Waals surface area (Å²) in [5.74, 6) is 0.752. The molecule has 0 saturated carbocycles. The molecule has 2 atom stereocenters. The molecule has 0 heterocycles. The van der Waals surface area contributed by atoms with Crippen LogP contribution >= 0.6 is 0 Å². The van der Waals surface area contributed by atoms with Crippen molar-refractivity contribution in [2.75, 3.05) is 7.05 Å². The van der Waals surface area contributed by atoms with E-state index in [-0.39, 0.29) is 0 Å². The Hall–Kier alpha value is -0.820. The fourth-order valence-corrected chi connectivity index (χ4v) is 3.58. The minimum Gasteiger partial charge on any atom is -0.313 e. The van der Waals surface area contributed by atoms with Gasteiger partial charge in [-0.3, -0.25) is 0 Å². The highest BCUT2D eigenvalue weighted by molar-refractivity contribution is 5.44. The normalized spacial score (nSPS) is 27.4. The molecule has 0 aliphatic heterocycles. The summed E-state index contributed by atoms with van der Waals surface area (Å²) >= 11 is 0. The van der Waals surface area contributed by atoms with Gasteiger partial charge in [0.25, 0.3) is 0 Å². The second-order valence-corrected chi connectivity index (χ2v) is 5.78. The molecule has 2 aliphatic rings. The Kier molecular flexibility index (Phi) is 2.96. The molecule has 1 aromatic carbocycles. The first kappa shape index (κ1) is 11.3. The zero-order valence-electron chi connectivity index (χ0n) is 11.1. The Balaban J connectivity index is 2.08. The van der Waals surface area contributed by atoms with E-state index in [0.717, 1.165) is 5.92 Å². The molecule has 2 aliphatic carbocycles. The quantitative estimate of drug-likeness (QED) is 0.774. The summed E-state index contributed by atoms with van der Waals surface area (Å²) in [5, 5.41) is 3.49. The number of rotatable bonds is 1. The summed E-state index contributed by atoms with van der Waals surface area (Å²) in [6.07, 6.45) is 7.99. The first-order valence-electron chi connectivity index (χ1n) is 7.12. The third-order valence-electron chi connectivity index (χ3n) is 4.69. The van der Waals surface area contributed by atoms with Crippen LogP contribution in [-0.4, -0.2) is 7.05 Å². The fourth-order valence-electron chi connectivity index (χ4n) is 3.58. The van der Waals surface area contributed by atoms with Crippen molar-refractivity contribution in [3.63, 3.8) is 0 Å². The summed E-state index contributed by atoms with van der Waals surface area (Å²) in [6.45, 7) is 2.39. The van der Waals surface area contributed by atoms with Crippen LogP contribution < -0.4 is 5.32 Å². The summed E-state index contributed by atoms with van der Waals surface area (Å²) in [7, 11) is 2.10. The molecule has 0 amide bonds. The van der Waals surface area contributed by atoms with E-state index in [4.69, 9.17) is 0 Å². The maximum atomic E-state index is 3.49. The molecule has 92 valence electrons. The van der Waals surface area contributed by atoms with Gasteiger partial charge in [-0.15, -0.1) is 0 Å². The SMILES string of the molecule is CNC1CCC(C)c2cc3c(cc21)CCCC3. The standard InChI is InChI=1S/C16H23N/c1-11-7-8-16(17-2)15-10-13-6-4-3-5-12(13)9-14(11)15/h9-11,16-17H,3-8H2,1-2H3. The van der Waals surface area contributed by atoms with Gasteiger partial charge >= 0.3 is 0 Å². The van der Waals surface area contributed by atoms with Crippen LogP contribution in [0, 0.1) is 0 Å². The zero-order chi connectivity index (χ0) is 11.8. The molecule has 1 N–H and O–H groups in total. The van der Waals surface area contributed by atoms with Crippen molar-refractivity contribution in [3.8, 4) is 0 Å². The molecule has 0 bridgehead atoms. The van der Waals surface area contributed by atoms with Crippen LogP contribution in [0.15, 0.2) is 12.1 Å². The predicted molar refractivity (Wildman–Crippen MR) is 72.5 cm³/mol. The van der Waals surface area contributed by atoms with Gasteiger partial charge in [0.05, 0.1) is 0 Å². The number of hydrogen-bond acceptors (Lipinski definition) is 1. The van der Waals surface area contributed by atoms with Gasteiger partial charge in [-0.1, -0.05) is 19.1 Å². The third-order valence-corrected chi connectivity index (χ3v) is 4.69. The Labute approximate surface area is 105 Å². The van der Waals surface area contributed by atoms with Crippen molar-refractivity contribution in [3.05, 3.63) is 34.4 Å². The Bertz CT molecular complexity index is 422. The summed E-state index contributed by atoms with van der Waals surface area (Å²) in [6, 6.07) is 5.63. The Morgan fingerprint density at radius 1 is 1.00 bits per heavy atom. The highest BCUT2D eigenvalue weighted by atomic mass is 14.9. The minimum atomic E-state index is 0.591. The van der Waals surface area contributed by atoms with E-state index in [1.807, 2.05) is 0 Å². The fraction of sp³-hybridized carbons (Fsp3) is 0.625. The van der Waals surface area contributed by atoms with Crippen molar-refractivity contribution in [2.45, 2.75) is 57.4 Å². The van der Waals surface area contributed by atoms with Gasteiger partial charge in [-0.2, -0.15) is 0 Å². The molecule has 17 heavy (non-hydrogen) atoms. The van der Waals surface area contributed by atoms with Crippen LogP contribution in [0.25, 0.3) is 0 Å². The van der Waals surface area contributed by atoms with Crippen molar-refractivity contribution >= 4 is 0 Å². The third kappa shape index (κ3) is 1.91. The molecule has 1 aromatic rings. The molecule has 1 nitrogen and oxygen atoms in total. The summed E-state index contributed by atoms with van der Waals surface area (Å²) in [4.78, 5) is 0. The monoisotopic (exact) mass is 229 g/mol. The van der Waals surface area contributed by atoms with Crippen LogP contribution in [0.4, 0.5) is 0 Å². The van der Waals surface area contributed by atoms with Gasteiger partial charge in [-0.05, 0) is 73.7 Å². The summed E-state index contributed by atoms with van der Waals surface area (Å²) in [5.41, 5.74) is 6.48. The number of aryl methyl sites for hydroxylation is 2. The summed E-state index contributed by atoms with van der Waals surface area (Å²) < 4.78 is 0. The predicted octanol–water partition coefficient (Wildman–Crippen LogP) is 3.72. The van der Waals surface area contributed by atoms with Crippen LogP contribution in [-0.2, 0) is 12.8 Å². The van der Waals surface area contributed by atoms with Crippen molar-refractivity contribution in [1.82, 2.24) is 5.32 Å². The molecular weight excluding hydrogens is 206 g/mol. The Morgan fingerprint density at radius 3 is 2.29 bits per heavy atom. The lowest BCUT2D eigenvalue weighted by molar-refractivity contribution is 0.458. The van der Waals surface area contributed by atoms with Crippen LogP contribution in [0.3, 0.4) is 0 Å². The van der Waals surface area contributed by atoms with Gasteiger partial charge in [0, 0.05) is 6.04 Å². The van der Waals surface area contributed by atoms with Gasteiger partial charge in [-0.25, -0.2) is 0 Å². The van der Waals surface area contributed by atoms with Crippen molar-refractivity contribution < 1.29 is 0 Å². The second-order valence-electron chi connectivity index (χ2n) is 5.78. The van der Waals surface area contributed by atoms with E-state index in [1.165, 1.54) is 38.5 Å². The average molecular weight is 229 g/mol. The molecular formula is C16H23N. The highest BCUT2D eigenvalue weighted by Gasteiger charge is 2.25. The van der Waals surface area contributed by atoms with Crippen LogP contribution in [0.2, 0.25) is 0 Å². The van der Waals surface area contributed by atoms with Gasteiger partial charge < -0.3 is 5.32 Å². The largest absolute Gasteiger partial charge is 0.313 e. The van der Waals surface area contributed by atoms with E-state index < -0.39 is 0 Å². The maximum absolute atomic E-state index is 3.49. The molecule has 0 saturated heterocycles.